The second kappa shape index (κ2) is 3.96. The normalized spacial score (nSPS) is 35.5. The van der Waals surface area contributed by atoms with Gasteiger partial charge in [0.25, 0.3) is 0 Å². The van der Waals surface area contributed by atoms with Gasteiger partial charge in [-0.3, -0.25) is 0 Å². The maximum absolute atomic E-state index is 13.4. The molecule has 0 saturated heterocycles. The minimum Gasteiger partial charge on any atom is -0.389 e. The highest BCUT2D eigenvalue weighted by Gasteiger charge is 2.49. The fourth-order valence-corrected chi connectivity index (χ4v) is 3.84. The summed E-state index contributed by atoms with van der Waals surface area (Å²) >= 11 is 5.95. The van der Waals surface area contributed by atoms with E-state index in [9.17, 15) is 9.50 Å². The molecule has 17 heavy (non-hydrogen) atoms. The molecule has 3 rings (SSSR count). The van der Waals surface area contributed by atoms with E-state index in [4.69, 9.17) is 11.6 Å². The van der Waals surface area contributed by atoms with Gasteiger partial charge in [0, 0.05) is 6.42 Å². The van der Waals surface area contributed by atoms with Crippen LogP contribution in [0.25, 0.3) is 0 Å². The van der Waals surface area contributed by atoms with E-state index < -0.39 is 11.4 Å². The summed E-state index contributed by atoms with van der Waals surface area (Å²) in [7, 11) is 0. The molecule has 2 saturated carbocycles. The zero-order valence-corrected chi connectivity index (χ0v) is 10.4. The Morgan fingerprint density at radius 1 is 1.41 bits per heavy atom. The number of rotatable bonds is 2. The van der Waals surface area contributed by atoms with Crippen LogP contribution in [-0.2, 0) is 6.42 Å². The Bertz CT molecular complexity index is 448. The fourth-order valence-electron chi connectivity index (χ4n) is 3.65. The van der Waals surface area contributed by atoms with Gasteiger partial charge in [-0.25, -0.2) is 4.39 Å². The van der Waals surface area contributed by atoms with Crippen LogP contribution >= 0.6 is 11.6 Å². The van der Waals surface area contributed by atoms with Gasteiger partial charge in [0.05, 0.1) is 10.6 Å². The lowest BCUT2D eigenvalue weighted by molar-refractivity contribution is -0.0125. The molecule has 1 aromatic carbocycles. The lowest BCUT2D eigenvalue weighted by atomic mass is 9.80. The summed E-state index contributed by atoms with van der Waals surface area (Å²) in [5, 5.41) is 10.8. The van der Waals surface area contributed by atoms with Crippen molar-refractivity contribution < 1.29 is 9.50 Å². The Morgan fingerprint density at radius 3 is 2.88 bits per heavy atom. The topological polar surface area (TPSA) is 20.2 Å². The average Bonchev–Trinajstić information content (AvgIpc) is 2.84. The van der Waals surface area contributed by atoms with Crippen LogP contribution in [0.3, 0.4) is 0 Å². The third-order valence-electron chi connectivity index (χ3n) is 4.47. The molecule has 1 N–H and O–H groups in total. The first-order valence-corrected chi connectivity index (χ1v) is 6.61. The Hall–Kier alpha value is -0.600. The average molecular weight is 255 g/mol. The molecule has 0 spiro atoms. The third-order valence-corrected chi connectivity index (χ3v) is 4.89. The summed E-state index contributed by atoms with van der Waals surface area (Å²) in [5.41, 5.74) is 0.0853. The molecule has 2 fully saturated rings. The van der Waals surface area contributed by atoms with E-state index in [1.54, 1.807) is 6.07 Å². The molecule has 2 aliphatic rings. The molecule has 0 amide bonds. The highest BCUT2D eigenvalue weighted by atomic mass is 35.5. The number of halogens is 2. The van der Waals surface area contributed by atoms with Crippen LogP contribution in [0.15, 0.2) is 18.2 Å². The van der Waals surface area contributed by atoms with Gasteiger partial charge in [-0.2, -0.15) is 0 Å². The van der Waals surface area contributed by atoms with Crippen molar-refractivity contribution in [3.8, 4) is 0 Å². The second-order valence-electron chi connectivity index (χ2n) is 5.57. The van der Waals surface area contributed by atoms with Gasteiger partial charge in [-0.1, -0.05) is 23.7 Å². The van der Waals surface area contributed by atoms with Crippen molar-refractivity contribution in [2.24, 2.45) is 11.8 Å². The lowest BCUT2D eigenvalue weighted by Crippen LogP contribution is -2.37. The molecule has 3 atom stereocenters. The van der Waals surface area contributed by atoms with Gasteiger partial charge >= 0.3 is 0 Å². The van der Waals surface area contributed by atoms with E-state index in [1.807, 2.05) is 6.07 Å². The quantitative estimate of drug-likeness (QED) is 0.856. The molecule has 3 unspecified atom stereocenters. The van der Waals surface area contributed by atoms with Crippen LogP contribution in [0.2, 0.25) is 5.02 Å². The van der Waals surface area contributed by atoms with Gasteiger partial charge in [0.1, 0.15) is 5.82 Å². The van der Waals surface area contributed by atoms with Gasteiger partial charge in [-0.05, 0) is 49.1 Å². The van der Waals surface area contributed by atoms with Crippen molar-refractivity contribution in [1.29, 1.82) is 0 Å². The maximum Gasteiger partial charge on any atom is 0.142 e. The van der Waals surface area contributed by atoms with Crippen molar-refractivity contribution in [2.75, 3.05) is 0 Å². The Morgan fingerprint density at radius 2 is 2.24 bits per heavy atom. The monoisotopic (exact) mass is 254 g/mol. The molecule has 3 heteroatoms. The predicted octanol–water partition coefficient (Wildman–Crippen LogP) is 3.57. The highest BCUT2D eigenvalue weighted by molar-refractivity contribution is 6.31. The molecule has 0 heterocycles. The summed E-state index contributed by atoms with van der Waals surface area (Å²) in [5.74, 6) is 0.653. The molecule has 92 valence electrons. The predicted molar refractivity (Wildman–Crippen MR) is 65.5 cm³/mol. The van der Waals surface area contributed by atoms with Gasteiger partial charge in [0.15, 0.2) is 0 Å². The summed E-state index contributed by atoms with van der Waals surface area (Å²) in [6.07, 6.45) is 4.82. The Kier molecular flexibility index (Phi) is 2.68. The van der Waals surface area contributed by atoms with Crippen LogP contribution < -0.4 is 0 Å². The van der Waals surface area contributed by atoms with Crippen LogP contribution in [0.4, 0.5) is 4.39 Å². The minimum atomic E-state index is -0.652. The molecule has 0 aromatic heterocycles. The minimum absolute atomic E-state index is 0.170. The SMILES string of the molecule is OC1(Cc2cccc(F)c2Cl)CC2CCC1C2. The van der Waals surface area contributed by atoms with Crippen LogP contribution in [0.1, 0.15) is 31.2 Å². The molecule has 0 aliphatic heterocycles. The third kappa shape index (κ3) is 1.88. The molecule has 2 aliphatic carbocycles. The summed E-state index contributed by atoms with van der Waals surface area (Å²) in [6.45, 7) is 0. The van der Waals surface area contributed by atoms with E-state index in [2.05, 4.69) is 0 Å². The standard InChI is InChI=1S/C14H16ClFO/c15-13-10(2-1-3-12(13)16)8-14(17)7-9-4-5-11(14)6-9/h1-3,9,11,17H,4-8H2. The van der Waals surface area contributed by atoms with E-state index in [0.29, 0.717) is 18.3 Å². The van der Waals surface area contributed by atoms with Crippen molar-refractivity contribution in [3.05, 3.63) is 34.6 Å². The molecule has 0 radical (unpaired) electrons. The zero-order chi connectivity index (χ0) is 12.0. The van der Waals surface area contributed by atoms with E-state index in [0.717, 1.165) is 24.8 Å². The summed E-state index contributed by atoms with van der Waals surface area (Å²) in [6, 6.07) is 4.83. The first-order valence-electron chi connectivity index (χ1n) is 6.24. The number of hydrogen-bond donors (Lipinski definition) is 1. The molecule has 2 bridgehead atoms. The first kappa shape index (κ1) is 11.5. The highest BCUT2D eigenvalue weighted by Crippen LogP contribution is 2.52. The second-order valence-corrected chi connectivity index (χ2v) is 5.95. The maximum atomic E-state index is 13.4. The summed E-state index contributed by atoms with van der Waals surface area (Å²) in [4.78, 5) is 0. The molecule has 1 aromatic rings. The Labute approximate surface area is 106 Å². The molecular weight excluding hydrogens is 239 g/mol. The summed E-state index contributed by atoms with van der Waals surface area (Å²) < 4.78 is 13.4. The Balaban J connectivity index is 1.85. The van der Waals surface area contributed by atoms with Gasteiger partial charge in [-0.15, -0.1) is 0 Å². The van der Waals surface area contributed by atoms with E-state index >= 15 is 0 Å². The van der Waals surface area contributed by atoms with Crippen LogP contribution in [0, 0.1) is 17.7 Å². The largest absolute Gasteiger partial charge is 0.389 e. The molecule has 1 nitrogen and oxygen atoms in total. The van der Waals surface area contributed by atoms with Gasteiger partial charge in [0.2, 0.25) is 0 Å². The number of hydrogen-bond acceptors (Lipinski definition) is 1. The number of fused-ring (bicyclic) bond motifs is 2. The van der Waals surface area contributed by atoms with Gasteiger partial charge < -0.3 is 5.11 Å². The zero-order valence-electron chi connectivity index (χ0n) is 9.63. The number of benzene rings is 1. The molecular formula is C14H16ClFO. The first-order chi connectivity index (χ1) is 8.08. The van der Waals surface area contributed by atoms with Crippen molar-refractivity contribution in [3.63, 3.8) is 0 Å². The van der Waals surface area contributed by atoms with Crippen LogP contribution in [0.5, 0.6) is 0 Å². The fraction of sp³-hybridized carbons (Fsp3) is 0.571. The van der Waals surface area contributed by atoms with Crippen molar-refractivity contribution in [2.45, 2.75) is 37.7 Å². The van der Waals surface area contributed by atoms with E-state index in [-0.39, 0.29) is 5.02 Å². The lowest BCUT2D eigenvalue weighted by Gasteiger charge is -2.32. The van der Waals surface area contributed by atoms with Crippen molar-refractivity contribution >= 4 is 11.6 Å². The van der Waals surface area contributed by atoms with Crippen molar-refractivity contribution in [1.82, 2.24) is 0 Å². The smallest absolute Gasteiger partial charge is 0.142 e. The number of aliphatic hydroxyl groups is 1. The van der Waals surface area contributed by atoms with E-state index in [1.165, 1.54) is 12.5 Å². The van der Waals surface area contributed by atoms with Crippen LogP contribution in [-0.4, -0.2) is 10.7 Å².